The maximum Gasteiger partial charge on any atom is 0.458 e. The van der Waals surface area contributed by atoms with Crippen LogP contribution < -0.4 is 0 Å². The molecule has 0 bridgehead atoms. The fraction of sp³-hybridized carbons (Fsp3) is 0.273. The summed E-state index contributed by atoms with van der Waals surface area (Å²) in [7, 11) is 0. The SMILES string of the molecule is CC1CC=C(C#Cc2ccc3c(F)c(C#CC(F)(F)F)c(F)cc3c2)CC1. The van der Waals surface area contributed by atoms with E-state index in [0.29, 0.717) is 11.5 Å². The lowest BCUT2D eigenvalue weighted by atomic mass is 9.91. The number of allylic oxidation sites excluding steroid dienone is 2. The summed E-state index contributed by atoms with van der Waals surface area (Å²) in [6, 6.07) is 5.43. The van der Waals surface area contributed by atoms with E-state index in [1.807, 2.05) is 0 Å². The molecule has 0 aliphatic heterocycles. The molecule has 1 aliphatic rings. The normalized spacial score (nSPS) is 16.8. The molecule has 0 saturated carbocycles. The van der Waals surface area contributed by atoms with Crippen LogP contribution in [-0.4, -0.2) is 6.18 Å². The summed E-state index contributed by atoms with van der Waals surface area (Å²) in [6.07, 6.45) is 0.258. The molecule has 2 aromatic rings. The van der Waals surface area contributed by atoms with Crippen LogP contribution in [0.5, 0.6) is 0 Å². The molecule has 0 spiro atoms. The molecule has 0 heterocycles. The van der Waals surface area contributed by atoms with Crippen LogP contribution >= 0.6 is 0 Å². The van der Waals surface area contributed by atoms with Gasteiger partial charge in [-0.1, -0.05) is 36.8 Å². The number of halogens is 5. The van der Waals surface area contributed by atoms with Crippen LogP contribution in [0, 0.1) is 41.2 Å². The summed E-state index contributed by atoms with van der Waals surface area (Å²) in [4.78, 5) is 0. The Morgan fingerprint density at radius 3 is 2.48 bits per heavy atom. The molecule has 0 N–H and O–H groups in total. The second-order valence-corrected chi connectivity index (χ2v) is 6.59. The Kier molecular flexibility index (Phi) is 5.24. The summed E-state index contributed by atoms with van der Waals surface area (Å²) in [5.74, 6) is 6.90. The van der Waals surface area contributed by atoms with Gasteiger partial charge in [0.05, 0.1) is 5.56 Å². The zero-order chi connectivity index (χ0) is 19.6. The van der Waals surface area contributed by atoms with E-state index in [9.17, 15) is 22.0 Å². The minimum absolute atomic E-state index is 0.000804. The zero-order valence-electron chi connectivity index (χ0n) is 14.5. The van der Waals surface area contributed by atoms with Crippen LogP contribution in [0.15, 0.2) is 35.9 Å². The predicted molar refractivity (Wildman–Crippen MR) is 94.8 cm³/mol. The van der Waals surface area contributed by atoms with Gasteiger partial charge in [0, 0.05) is 16.9 Å². The van der Waals surface area contributed by atoms with E-state index in [1.165, 1.54) is 18.1 Å². The molecular formula is C22H15F5. The molecule has 2 aromatic carbocycles. The molecule has 1 atom stereocenters. The van der Waals surface area contributed by atoms with E-state index in [1.54, 1.807) is 6.07 Å². The van der Waals surface area contributed by atoms with Crippen LogP contribution in [0.25, 0.3) is 10.8 Å². The van der Waals surface area contributed by atoms with Crippen molar-refractivity contribution in [2.75, 3.05) is 0 Å². The summed E-state index contributed by atoms with van der Waals surface area (Å²) in [5, 5.41) is 0.222. The van der Waals surface area contributed by atoms with E-state index in [-0.39, 0.29) is 10.8 Å². The maximum atomic E-state index is 14.4. The summed E-state index contributed by atoms with van der Waals surface area (Å²) >= 11 is 0. The lowest BCUT2D eigenvalue weighted by Crippen LogP contribution is -2.02. The molecule has 0 nitrogen and oxygen atoms in total. The molecule has 1 unspecified atom stereocenters. The van der Waals surface area contributed by atoms with Crippen molar-refractivity contribution in [3.8, 4) is 23.7 Å². The number of hydrogen-bond acceptors (Lipinski definition) is 0. The van der Waals surface area contributed by atoms with Gasteiger partial charge >= 0.3 is 6.18 Å². The van der Waals surface area contributed by atoms with Gasteiger partial charge in [-0.15, -0.1) is 0 Å². The molecule has 5 heteroatoms. The van der Waals surface area contributed by atoms with Gasteiger partial charge in [0.1, 0.15) is 11.6 Å². The molecule has 0 aromatic heterocycles. The van der Waals surface area contributed by atoms with Crippen LogP contribution in [0.4, 0.5) is 22.0 Å². The van der Waals surface area contributed by atoms with Gasteiger partial charge in [0.25, 0.3) is 0 Å². The third-order valence-corrected chi connectivity index (χ3v) is 4.40. The Hall–Kier alpha value is -2.79. The largest absolute Gasteiger partial charge is 0.458 e. The van der Waals surface area contributed by atoms with Gasteiger partial charge < -0.3 is 0 Å². The zero-order valence-corrected chi connectivity index (χ0v) is 14.5. The molecule has 1 aliphatic carbocycles. The van der Waals surface area contributed by atoms with Crippen molar-refractivity contribution < 1.29 is 22.0 Å². The number of hydrogen-bond donors (Lipinski definition) is 0. The van der Waals surface area contributed by atoms with Crippen molar-refractivity contribution in [3.05, 3.63) is 58.7 Å². The molecule has 138 valence electrons. The second-order valence-electron chi connectivity index (χ2n) is 6.59. The minimum atomic E-state index is -4.82. The van der Waals surface area contributed by atoms with Gasteiger partial charge in [-0.25, -0.2) is 8.78 Å². The second kappa shape index (κ2) is 7.45. The van der Waals surface area contributed by atoms with E-state index >= 15 is 0 Å². The predicted octanol–water partition coefficient (Wildman–Crippen LogP) is 6.13. The fourth-order valence-corrected chi connectivity index (χ4v) is 2.89. The molecule has 3 rings (SSSR count). The molecule has 27 heavy (non-hydrogen) atoms. The number of alkyl halides is 3. The first-order valence-corrected chi connectivity index (χ1v) is 8.45. The lowest BCUT2D eigenvalue weighted by Gasteiger charge is -2.14. The Morgan fingerprint density at radius 1 is 1.04 bits per heavy atom. The average Bonchev–Trinajstić information content (AvgIpc) is 2.60. The Bertz CT molecular complexity index is 1040. The first-order valence-electron chi connectivity index (χ1n) is 8.45. The number of fused-ring (bicyclic) bond motifs is 1. The molecule has 0 saturated heterocycles. The van der Waals surface area contributed by atoms with Gasteiger partial charge in [-0.05, 0) is 54.3 Å². The number of benzene rings is 2. The van der Waals surface area contributed by atoms with Crippen molar-refractivity contribution >= 4 is 10.8 Å². The highest BCUT2D eigenvalue weighted by atomic mass is 19.4. The van der Waals surface area contributed by atoms with E-state index in [2.05, 4.69) is 24.8 Å². The van der Waals surface area contributed by atoms with Gasteiger partial charge in [0.2, 0.25) is 0 Å². The lowest BCUT2D eigenvalue weighted by molar-refractivity contribution is -0.0696. The van der Waals surface area contributed by atoms with Crippen molar-refractivity contribution in [2.45, 2.75) is 32.4 Å². The van der Waals surface area contributed by atoms with Crippen LogP contribution in [0.1, 0.15) is 37.3 Å². The van der Waals surface area contributed by atoms with Crippen molar-refractivity contribution in [2.24, 2.45) is 5.92 Å². The Balaban J connectivity index is 1.96. The van der Waals surface area contributed by atoms with Crippen molar-refractivity contribution in [3.63, 3.8) is 0 Å². The minimum Gasteiger partial charge on any atom is -0.205 e. The number of rotatable bonds is 0. The average molecular weight is 374 g/mol. The first kappa shape index (κ1) is 19.0. The smallest absolute Gasteiger partial charge is 0.205 e. The summed E-state index contributed by atoms with van der Waals surface area (Å²) in [5.41, 5.74) is 0.735. The van der Waals surface area contributed by atoms with Gasteiger partial charge in [-0.2, -0.15) is 13.2 Å². The first-order chi connectivity index (χ1) is 12.7. The van der Waals surface area contributed by atoms with Gasteiger partial charge in [0.15, 0.2) is 0 Å². The highest BCUT2D eigenvalue weighted by Crippen LogP contribution is 2.26. The van der Waals surface area contributed by atoms with Gasteiger partial charge in [-0.3, -0.25) is 0 Å². The van der Waals surface area contributed by atoms with Crippen LogP contribution in [0.3, 0.4) is 0 Å². The molecule has 0 amide bonds. The molecular weight excluding hydrogens is 359 g/mol. The highest BCUT2D eigenvalue weighted by molar-refractivity contribution is 5.86. The summed E-state index contributed by atoms with van der Waals surface area (Å²) < 4.78 is 65.0. The van der Waals surface area contributed by atoms with Crippen molar-refractivity contribution in [1.29, 1.82) is 0 Å². The maximum absolute atomic E-state index is 14.4. The van der Waals surface area contributed by atoms with Crippen LogP contribution in [0.2, 0.25) is 0 Å². The van der Waals surface area contributed by atoms with Crippen molar-refractivity contribution in [1.82, 2.24) is 0 Å². The van der Waals surface area contributed by atoms with Crippen LogP contribution in [-0.2, 0) is 0 Å². The third kappa shape index (κ3) is 4.68. The Labute approximate surface area is 154 Å². The topological polar surface area (TPSA) is 0 Å². The Morgan fingerprint density at radius 2 is 1.81 bits per heavy atom. The van der Waals surface area contributed by atoms with E-state index in [0.717, 1.165) is 36.8 Å². The third-order valence-electron chi connectivity index (χ3n) is 4.40. The van der Waals surface area contributed by atoms with E-state index < -0.39 is 23.4 Å². The standard InChI is InChI=1S/C22H15F5/c1-14-2-4-15(5-3-14)6-7-16-8-9-18-17(12-16)13-20(23)19(21(18)24)10-11-22(25,26)27/h4,8-9,12-14H,2-3,5H2,1H3. The monoisotopic (exact) mass is 374 g/mol. The fourth-order valence-electron chi connectivity index (χ4n) is 2.89. The molecule has 0 radical (unpaired) electrons. The highest BCUT2D eigenvalue weighted by Gasteiger charge is 2.24. The van der Waals surface area contributed by atoms with E-state index in [4.69, 9.17) is 0 Å². The summed E-state index contributed by atoms with van der Waals surface area (Å²) in [6.45, 7) is 2.18. The quantitative estimate of drug-likeness (QED) is 0.384. The molecule has 0 fully saturated rings.